The zero-order valence-electron chi connectivity index (χ0n) is 21.6. The van der Waals surface area contributed by atoms with Crippen LogP contribution in [-0.4, -0.2) is 38.2 Å². The van der Waals surface area contributed by atoms with Gasteiger partial charge in [-0.3, -0.25) is 14.8 Å². The second kappa shape index (κ2) is 12.9. The molecule has 2 rings (SSSR count). The van der Waals surface area contributed by atoms with Gasteiger partial charge in [-0.25, -0.2) is 4.79 Å². The molecule has 1 N–H and O–H groups in total. The molecule has 0 radical (unpaired) electrons. The van der Waals surface area contributed by atoms with Crippen LogP contribution in [0.25, 0.3) is 0 Å². The number of nitrogens with one attached hydrogen (secondary N) is 1. The molecule has 10 heteroatoms. The number of hydrogen-bond acceptors (Lipinski definition) is 7. The molecule has 0 spiro atoms. The molecule has 0 aliphatic carbocycles. The van der Waals surface area contributed by atoms with Gasteiger partial charge in [-0.1, -0.05) is 18.1 Å². The lowest BCUT2D eigenvalue weighted by molar-refractivity contribution is -0.342. The molecule has 2 aromatic rings. The number of ether oxygens (including phenoxy) is 5. The maximum atomic E-state index is 13.8. The summed E-state index contributed by atoms with van der Waals surface area (Å²) in [5, 5.41) is 2.55. The minimum absolute atomic E-state index is 0.101. The van der Waals surface area contributed by atoms with E-state index in [9.17, 15) is 18.4 Å². The van der Waals surface area contributed by atoms with Crippen molar-refractivity contribution >= 4 is 17.7 Å². The summed E-state index contributed by atoms with van der Waals surface area (Å²) in [6.07, 6.45) is -4.47. The number of rotatable bonds is 10. The van der Waals surface area contributed by atoms with Crippen LogP contribution in [0, 0.1) is 11.8 Å². The molecule has 0 heterocycles. The average molecular weight is 520 g/mol. The number of amides is 1. The molecule has 0 bridgehead atoms. The fourth-order valence-corrected chi connectivity index (χ4v) is 3.09. The van der Waals surface area contributed by atoms with E-state index in [0.717, 1.165) is 12.7 Å². The quantitative estimate of drug-likeness (QED) is 0.239. The monoisotopic (exact) mass is 519 g/mol. The average Bonchev–Trinajstić information content (AvgIpc) is 2.82. The predicted octanol–water partition coefficient (Wildman–Crippen LogP) is 5.86. The molecule has 0 aliphatic heterocycles. The second-order valence-corrected chi connectivity index (χ2v) is 8.80. The van der Waals surface area contributed by atoms with Crippen molar-refractivity contribution in [3.63, 3.8) is 0 Å². The number of carbonyl (C=O) groups is 2. The summed E-state index contributed by atoms with van der Waals surface area (Å²) in [4.78, 5) is 23.8. The van der Waals surface area contributed by atoms with Crippen molar-refractivity contribution in [2.24, 2.45) is 0 Å². The van der Waals surface area contributed by atoms with Gasteiger partial charge in [0.2, 0.25) is 0 Å². The summed E-state index contributed by atoms with van der Waals surface area (Å²) in [6, 6.07) is 10.9. The standard InChI is InChI=1S/C27H31F2NO7/c1-7-8-19(16-24(31)33-5)18-9-12-22(13-10-18)35-17-20-15-21(30-25(32)37-26(2,3)4)11-14-23(20)36-27(28,29)34-6/h9-15,19H,16-17H2,1-6H3,(H,30,32). The van der Waals surface area contributed by atoms with Crippen molar-refractivity contribution in [1.82, 2.24) is 0 Å². The molecule has 0 aromatic heterocycles. The molecule has 1 amide bonds. The van der Waals surface area contributed by atoms with E-state index < -0.39 is 18.0 Å². The van der Waals surface area contributed by atoms with Gasteiger partial charge >= 0.3 is 18.4 Å². The lowest BCUT2D eigenvalue weighted by atomic mass is 9.96. The zero-order chi connectivity index (χ0) is 27.6. The van der Waals surface area contributed by atoms with E-state index in [1.807, 2.05) is 0 Å². The Bertz CT molecular complexity index is 1130. The Balaban J connectivity index is 2.22. The third kappa shape index (κ3) is 9.97. The van der Waals surface area contributed by atoms with Crippen LogP contribution in [0.1, 0.15) is 51.2 Å². The molecule has 0 saturated heterocycles. The molecule has 1 unspecified atom stereocenters. The molecule has 37 heavy (non-hydrogen) atoms. The Morgan fingerprint density at radius 1 is 1.05 bits per heavy atom. The maximum Gasteiger partial charge on any atom is 0.535 e. The van der Waals surface area contributed by atoms with Crippen LogP contribution in [0.4, 0.5) is 19.3 Å². The number of esters is 1. The van der Waals surface area contributed by atoms with E-state index >= 15 is 0 Å². The van der Waals surface area contributed by atoms with E-state index in [0.29, 0.717) is 11.4 Å². The summed E-state index contributed by atoms with van der Waals surface area (Å²) < 4.78 is 52.0. The number of hydrogen-bond donors (Lipinski definition) is 1. The van der Waals surface area contributed by atoms with Gasteiger partial charge in [-0.05, 0) is 63.6 Å². The molecule has 0 aliphatic rings. The Morgan fingerprint density at radius 3 is 2.30 bits per heavy atom. The third-order valence-electron chi connectivity index (χ3n) is 4.77. The summed E-state index contributed by atoms with van der Waals surface area (Å²) in [6.45, 7) is 6.66. The van der Waals surface area contributed by atoms with Crippen LogP contribution < -0.4 is 14.8 Å². The third-order valence-corrected chi connectivity index (χ3v) is 4.77. The van der Waals surface area contributed by atoms with Gasteiger partial charge in [0.05, 0.1) is 19.4 Å². The summed E-state index contributed by atoms with van der Waals surface area (Å²) in [7, 11) is 2.13. The first-order valence-corrected chi connectivity index (χ1v) is 11.3. The minimum Gasteiger partial charge on any atom is -0.489 e. The van der Waals surface area contributed by atoms with Gasteiger partial charge < -0.3 is 18.9 Å². The number of anilines is 1. The van der Waals surface area contributed by atoms with Gasteiger partial charge in [0, 0.05) is 18.4 Å². The van der Waals surface area contributed by atoms with Crippen molar-refractivity contribution < 1.29 is 42.1 Å². The van der Waals surface area contributed by atoms with Crippen molar-refractivity contribution in [1.29, 1.82) is 0 Å². The van der Waals surface area contributed by atoms with Gasteiger partial charge in [0.1, 0.15) is 23.7 Å². The minimum atomic E-state index is -3.87. The first-order chi connectivity index (χ1) is 17.4. The van der Waals surface area contributed by atoms with Crippen LogP contribution in [0.3, 0.4) is 0 Å². The maximum absolute atomic E-state index is 13.8. The Kier molecular flexibility index (Phi) is 10.3. The number of methoxy groups -OCH3 is 2. The van der Waals surface area contributed by atoms with Crippen molar-refractivity contribution in [3.05, 3.63) is 53.6 Å². The Morgan fingerprint density at radius 2 is 1.73 bits per heavy atom. The Hall–Kier alpha value is -3.84. The summed E-state index contributed by atoms with van der Waals surface area (Å²) in [5.41, 5.74) is 0.582. The molecule has 8 nitrogen and oxygen atoms in total. The molecular weight excluding hydrogens is 488 g/mol. The van der Waals surface area contributed by atoms with E-state index in [1.165, 1.54) is 25.3 Å². The van der Waals surface area contributed by atoms with Crippen molar-refractivity contribution in [2.45, 2.75) is 58.5 Å². The van der Waals surface area contributed by atoms with Crippen LogP contribution >= 0.6 is 0 Å². The summed E-state index contributed by atoms with van der Waals surface area (Å²) >= 11 is 0. The number of carbonyl (C=O) groups excluding carboxylic acids is 2. The molecule has 200 valence electrons. The lowest BCUT2D eigenvalue weighted by Crippen LogP contribution is -2.28. The van der Waals surface area contributed by atoms with Gasteiger partial charge in [-0.15, -0.1) is 14.7 Å². The molecule has 0 fully saturated rings. The van der Waals surface area contributed by atoms with Crippen LogP contribution in [0.2, 0.25) is 0 Å². The highest BCUT2D eigenvalue weighted by Gasteiger charge is 2.33. The van der Waals surface area contributed by atoms with Crippen molar-refractivity contribution in [2.75, 3.05) is 19.5 Å². The van der Waals surface area contributed by atoms with Gasteiger partial charge in [-0.2, -0.15) is 0 Å². The fraction of sp³-hybridized carbons (Fsp3) is 0.407. The first kappa shape index (κ1) is 29.4. The van der Waals surface area contributed by atoms with Gasteiger partial charge in [0.15, 0.2) is 0 Å². The number of alkyl halides is 2. The van der Waals surface area contributed by atoms with E-state index in [2.05, 4.69) is 21.9 Å². The normalized spacial score (nSPS) is 12.0. The van der Waals surface area contributed by atoms with E-state index in [1.54, 1.807) is 52.0 Å². The largest absolute Gasteiger partial charge is 0.535 e. The molecule has 0 saturated carbocycles. The Labute approximate surface area is 215 Å². The zero-order valence-corrected chi connectivity index (χ0v) is 21.6. The molecule has 1 atom stereocenters. The second-order valence-electron chi connectivity index (χ2n) is 8.80. The van der Waals surface area contributed by atoms with Crippen LogP contribution in [-0.2, 0) is 25.6 Å². The van der Waals surface area contributed by atoms with Gasteiger partial charge in [0.25, 0.3) is 0 Å². The SMILES string of the molecule is CC#CC(CC(=O)OC)c1ccc(OCc2cc(NC(=O)OC(C)(C)C)ccc2OC(F)(F)OC)cc1. The topological polar surface area (TPSA) is 92.3 Å². The number of benzene rings is 2. The predicted molar refractivity (Wildman–Crippen MR) is 132 cm³/mol. The van der Waals surface area contributed by atoms with Crippen LogP contribution in [0.5, 0.6) is 11.5 Å². The van der Waals surface area contributed by atoms with Crippen molar-refractivity contribution in [3.8, 4) is 23.3 Å². The van der Waals surface area contributed by atoms with E-state index in [4.69, 9.17) is 18.9 Å². The molecule has 2 aromatic carbocycles. The molecular formula is C27H31F2NO7. The highest BCUT2D eigenvalue weighted by molar-refractivity contribution is 5.85. The highest BCUT2D eigenvalue weighted by Crippen LogP contribution is 2.30. The van der Waals surface area contributed by atoms with E-state index in [-0.39, 0.29) is 36.2 Å². The fourth-order valence-electron chi connectivity index (χ4n) is 3.09. The number of halogens is 2. The van der Waals surface area contributed by atoms with Crippen LogP contribution in [0.15, 0.2) is 42.5 Å². The lowest BCUT2D eigenvalue weighted by Gasteiger charge is -2.21. The summed E-state index contributed by atoms with van der Waals surface area (Å²) in [5.74, 6) is 5.28. The highest BCUT2D eigenvalue weighted by atomic mass is 19.3. The first-order valence-electron chi connectivity index (χ1n) is 11.3. The smallest absolute Gasteiger partial charge is 0.489 e.